The van der Waals surface area contributed by atoms with Gasteiger partial charge in [-0.15, -0.1) is 0 Å². The van der Waals surface area contributed by atoms with E-state index < -0.39 is 11.5 Å². The number of ether oxygens (including phenoxy) is 1. The third-order valence-electron chi connectivity index (χ3n) is 4.65. The molecule has 0 bridgehead atoms. The summed E-state index contributed by atoms with van der Waals surface area (Å²) < 4.78 is 6.02. The molecule has 1 aromatic rings. The Morgan fingerprint density at radius 2 is 2.10 bits per heavy atom. The first-order valence-corrected chi connectivity index (χ1v) is 7.09. The number of carbonyl (C=O) groups excluding carboxylic acids is 1. The number of nitrogens with one attached hydrogen (secondary N) is 1. The molecule has 0 radical (unpaired) electrons. The molecule has 0 fully saturated rings. The van der Waals surface area contributed by atoms with Gasteiger partial charge >= 0.3 is 0 Å². The monoisotopic (exact) mass is 275 g/mol. The van der Waals surface area contributed by atoms with E-state index >= 15 is 0 Å². The normalized spacial score (nSPS) is 27.6. The van der Waals surface area contributed by atoms with Gasteiger partial charge in [-0.3, -0.25) is 4.79 Å². The lowest BCUT2D eigenvalue weighted by Crippen LogP contribution is -2.30. The van der Waals surface area contributed by atoms with Crippen molar-refractivity contribution in [2.75, 3.05) is 5.32 Å². The summed E-state index contributed by atoms with van der Waals surface area (Å²) in [5.74, 6) is 0.911. The highest BCUT2D eigenvalue weighted by Crippen LogP contribution is 2.52. The van der Waals surface area contributed by atoms with Crippen molar-refractivity contribution in [2.45, 2.75) is 58.2 Å². The molecule has 3 atom stereocenters. The second kappa shape index (κ2) is 3.98. The Kier molecular flexibility index (Phi) is 2.67. The van der Waals surface area contributed by atoms with E-state index in [0.29, 0.717) is 0 Å². The number of hydrogen-bond acceptors (Lipinski definition) is 3. The van der Waals surface area contributed by atoms with E-state index in [1.54, 1.807) is 6.92 Å². The van der Waals surface area contributed by atoms with E-state index in [4.69, 9.17) is 4.74 Å². The van der Waals surface area contributed by atoms with Gasteiger partial charge in [-0.2, -0.15) is 0 Å². The van der Waals surface area contributed by atoms with Crippen LogP contribution in [0.5, 0.6) is 5.75 Å². The van der Waals surface area contributed by atoms with Crippen molar-refractivity contribution in [3.63, 3.8) is 0 Å². The highest BCUT2D eigenvalue weighted by molar-refractivity contribution is 6.07. The summed E-state index contributed by atoms with van der Waals surface area (Å²) >= 11 is 0. The summed E-state index contributed by atoms with van der Waals surface area (Å²) in [5.41, 5.74) is 3.36. The SMILES string of the molecule is Cc1cc2c(c3c1NC(=O)C3(C)C)OC(C(C)O)C2C. The topological polar surface area (TPSA) is 58.6 Å². The van der Waals surface area contributed by atoms with Crippen LogP contribution < -0.4 is 10.1 Å². The third-order valence-corrected chi connectivity index (χ3v) is 4.65. The molecule has 1 amide bonds. The number of hydrogen-bond donors (Lipinski definition) is 2. The van der Waals surface area contributed by atoms with Crippen molar-refractivity contribution >= 4 is 11.6 Å². The van der Waals surface area contributed by atoms with Gasteiger partial charge in [0.25, 0.3) is 0 Å². The summed E-state index contributed by atoms with van der Waals surface area (Å²) in [7, 11) is 0. The lowest BCUT2D eigenvalue weighted by Gasteiger charge is -2.20. The van der Waals surface area contributed by atoms with Gasteiger partial charge in [-0.25, -0.2) is 0 Å². The summed E-state index contributed by atoms with van der Waals surface area (Å²) in [6, 6.07) is 2.07. The van der Waals surface area contributed by atoms with Gasteiger partial charge in [0.05, 0.1) is 17.2 Å². The molecule has 4 nitrogen and oxygen atoms in total. The second-order valence-corrected chi connectivity index (χ2v) is 6.55. The van der Waals surface area contributed by atoms with Crippen molar-refractivity contribution in [2.24, 2.45) is 0 Å². The highest BCUT2D eigenvalue weighted by atomic mass is 16.5. The molecular formula is C16H21NO3. The average Bonchev–Trinajstić information content (AvgIpc) is 2.78. The van der Waals surface area contributed by atoms with Crippen LogP contribution in [0.15, 0.2) is 6.07 Å². The molecule has 0 aromatic heterocycles. The van der Waals surface area contributed by atoms with E-state index in [1.807, 2.05) is 20.8 Å². The molecule has 0 spiro atoms. The zero-order valence-electron chi connectivity index (χ0n) is 12.6. The maximum absolute atomic E-state index is 12.2. The number of amides is 1. The molecule has 108 valence electrons. The molecule has 0 saturated heterocycles. The lowest BCUT2D eigenvalue weighted by atomic mass is 9.82. The zero-order chi connectivity index (χ0) is 14.8. The first kappa shape index (κ1) is 13.4. The van der Waals surface area contributed by atoms with Crippen LogP contribution in [-0.4, -0.2) is 23.2 Å². The number of aryl methyl sites for hydroxylation is 1. The van der Waals surface area contributed by atoms with Crippen LogP contribution in [0.1, 0.15) is 50.3 Å². The Labute approximate surface area is 119 Å². The number of carbonyl (C=O) groups is 1. The summed E-state index contributed by atoms with van der Waals surface area (Å²) in [6.45, 7) is 9.64. The Hall–Kier alpha value is -1.55. The van der Waals surface area contributed by atoms with E-state index in [1.165, 1.54) is 0 Å². The summed E-state index contributed by atoms with van der Waals surface area (Å²) in [4.78, 5) is 12.2. The van der Waals surface area contributed by atoms with Crippen molar-refractivity contribution in [3.8, 4) is 5.75 Å². The molecule has 1 aromatic carbocycles. The van der Waals surface area contributed by atoms with E-state index in [2.05, 4.69) is 18.3 Å². The third kappa shape index (κ3) is 1.54. The smallest absolute Gasteiger partial charge is 0.234 e. The van der Waals surface area contributed by atoms with Crippen molar-refractivity contribution in [1.82, 2.24) is 0 Å². The van der Waals surface area contributed by atoms with Gasteiger partial charge < -0.3 is 15.2 Å². The molecule has 2 aliphatic rings. The largest absolute Gasteiger partial charge is 0.486 e. The molecule has 2 heterocycles. The van der Waals surface area contributed by atoms with Crippen LogP contribution >= 0.6 is 0 Å². The minimum Gasteiger partial charge on any atom is -0.486 e. The summed E-state index contributed by atoms with van der Waals surface area (Å²) in [6.07, 6.45) is -0.788. The Bertz CT molecular complexity index is 604. The number of aliphatic hydroxyl groups is 1. The van der Waals surface area contributed by atoms with Crippen LogP contribution in [0, 0.1) is 6.92 Å². The molecule has 3 unspecified atom stereocenters. The predicted octanol–water partition coefficient (Wildman–Crippen LogP) is 2.47. The molecular weight excluding hydrogens is 254 g/mol. The van der Waals surface area contributed by atoms with Gasteiger partial charge in [0.1, 0.15) is 11.9 Å². The predicted molar refractivity (Wildman–Crippen MR) is 77.3 cm³/mol. The molecule has 4 heteroatoms. The van der Waals surface area contributed by atoms with E-state index in [-0.39, 0.29) is 17.9 Å². The van der Waals surface area contributed by atoms with Crippen molar-refractivity contribution < 1.29 is 14.6 Å². The average molecular weight is 275 g/mol. The maximum atomic E-state index is 12.2. The van der Waals surface area contributed by atoms with Crippen molar-refractivity contribution in [3.05, 3.63) is 22.8 Å². The zero-order valence-corrected chi connectivity index (χ0v) is 12.6. The summed E-state index contributed by atoms with van der Waals surface area (Å²) in [5, 5.41) is 12.9. The number of benzene rings is 1. The number of fused-ring (bicyclic) bond motifs is 3. The maximum Gasteiger partial charge on any atom is 0.234 e. The molecule has 3 rings (SSSR count). The number of anilines is 1. The minimum absolute atomic E-state index is 0.000694. The van der Waals surface area contributed by atoms with Crippen LogP contribution in [0.4, 0.5) is 5.69 Å². The Morgan fingerprint density at radius 1 is 1.45 bits per heavy atom. The van der Waals surface area contributed by atoms with Crippen LogP contribution in [0.25, 0.3) is 0 Å². The Morgan fingerprint density at radius 3 is 2.70 bits per heavy atom. The second-order valence-electron chi connectivity index (χ2n) is 6.55. The van der Waals surface area contributed by atoms with Crippen LogP contribution in [0.3, 0.4) is 0 Å². The minimum atomic E-state index is -0.598. The fourth-order valence-corrected chi connectivity index (χ4v) is 3.36. The molecule has 2 aliphatic heterocycles. The van der Waals surface area contributed by atoms with Gasteiger partial charge in [-0.05, 0) is 39.3 Å². The van der Waals surface area contributed by atoms with Gasteiger partial charge in [0.15, 0.2) is 0 Å². The van der Waals surface area contributed by atoms with Gasteiger partial charge in [0, 0.05) is 17.0 Å². The highest BCUT2D eigenvalue weighted by Gasteiger charge is 2.46. The first-order valence-electron chi connectivity index (χ1n) is 7.09. The van der Waals surface area contributed by atoms with Crippen LogP contribution in [-0.2, 0) is 10.2 Å². The van der Waals surface area contributed by atoms with Crippen LogP contribution in [0.2, 0.25) is 0 Å². The molecule has 0 aliphatic carbocycles. The lowest BCUT2D eigenvalue weighted by molar-refractivity contribution is -0.119. The number of aliphatic hydroxyl groups excluding tert-OH is 1. The van der Waals surface area contributed by atoms with E-state index in [0.717, 1.165) is 28.1 Å². The van der Waals surface area contributed by atoms with Gasteiger partial charge in [-0.1, -0.05) is 6.92 Å². The molecule has 0 saturated carbocycles. The van der Waals surface area contributed by atoms with Crippen molar-refractivity contribution in [1.29, 1.82) is 0 Å². The van der Waals surface area contributed by atoms with Gasteiger partial charge in [0.2, 0.25) is 5.91 Å². The number of rotatable bonds is 1. The molecule has 20 heavy (non-hydrogen) atoms. The molecule has 2 N–H and O–H groups in total. The fraction of sp³-hybridized carbons (Fsp3) is 0.562. The standard InChI is InChI=1S/C16H21NO3/c1-7-6-10-8(2)13(9(3)18)20-14(10)11-12(7)17-15(19)16(11,4)5/h6,8-9,13,18H,1-5H3,(H,17,19). The Balaban J connectivity index is 2.23. The van der Waals surface area contributed by atoms with E-state index in [9.17, 15) is 9.90 Å². The first-order chi connectivity index (χ1) is 9.25. The quantitative estimate of drug-likeness (QED) is 0.827. The fourth-order valence-electron chi connectivity index (χ4n) is 3.36.